The van der Waals surface area contributed by atoms with Crippen LogP contribution in [0.25, 0.3) is 17.1 Å². The second-order valence-corrected chi connectivity index (χ2v) is 5.06. The van der Waals surface area contributed by atoms with E-state index in [1.807, 2.05) is 18.2 Å². The Kier molecular flexibility index (Phi) is 3.57. The Morgan fingerprint density at radius 3 is 2.52 bits per heavy atom. The molecule has 0 atom stereocenters. The van der Waals surface area contributed by atoms with Gasteiger partial charge in [-0.1, -0.05) is 29.8 Å². The number of benzene rings is 2. The predicted octanol–water partition coefficient (Wildman–Crippen LogP) is 4.53. The van der Waals surface area contributed by atoms with Crippen LogP contribution < -0.4 is 0 Å². The molecule has 21 heavy (non-hydrogen) atoms. The van der Waals surface area contributed by atoms with Crippen molar-refractivity contribution in [3.8, 4) is 17.1 Å². The van der Waals surface area contributed by atoms with E-state index in [0.29, 0.717) is 5.69 Å². The van der Waals surface area contributed by atoms with Crippen LogP contribution in [0.5, 0.6) is 0 Å². The molecule has 0 radical (unpaired) electrons. The van der Waals surface area contributed by atoms with Crippen LogP contribution in [0, 0.1) is 16.4 Å². The first-order chi connectivity index (χ1) is 10.1. The number of hydrogen-bond acceptors (Lipinski definition) is 2. The van der Waals surface area contributed by atoms with Gasteiger partial charge >= 0.3 is 0 Å². The highest BCUT2D eigenvalue weighted by molar-refractivity contribution is 7.71. The maximum absolute atomic E-state index is 14.1. The lowest BCUT2D eigenvalue weighted by Crippen LogP contribution is -1.99. The molecule has 0 fully saturated rings. The molecule has 1 heterocycles. The third-order valence-corrected chi connectivity index (χ3v) is 3.50. The first kappa shape index (κ1) is 13.9. The van der Waals surface area contributed by atoms with Crippen molar-refractivity contribution in [1.82, 2.24) is 14.8 Å². The molecule has 0 spiro atoms. The molecule has 0 aliphatic rings. The Balaban J connectivity index is 2.27. The van der Waals surface area contributed by atoms with Crippen molar-refractivity contribution in [1.29, 1.82) is 0 Å². The highest BCUT2D eigenvalue weighted by Crippen LogP contribution is 2.28. The minimum Gasteiger partial charge on any atom is -0.268 e. The lowest BCUT2D eigenvalue weighted by molar-refractivity contribution is 0.602. The zero-order valence-electron chi connectivity index (χ0n) is 10.5. The third-order valence-electron chi connectivity index (χ3n) is 2.94. The summed E-state index contributed by atoms with van der Waals surface area (Å²) in [4.78, 5) is 0. The van der Waals surface area contributed by atoms with Gasteiger partial charge in [0.15, 0.2) is 10.6 Å². The molecule has 0 aliphatic heterocycles. The number of halogens is 3. The first-order valence-electron chi connectivity index (χ1n) is 5.95. The van der Waals surface area contributed by atoms with Gasteiger partial charge in [0.25, 0.3) is 0 Å². The normalized spacial score (nSPS) is 10.8. The first-order valence-corrected chi connectivity index (χ1v) is 6.74. The largest absolute Gasteiger partial charge is 0.268 e. The maximum atomic E-state index is 14.1. The quantitative estimate of drug-likeness (QED) is 0.555. The van der Waals surface area contributed by atoms with Gasteiger partial charge in [0.1, 0.15) is 11.6 Å². The topological polar surface area (TPSA) is 33.6 Å². The van der Waals surface area contributed by atoms with Crippen LogP contribution in [0.2, 0.25) is 5.02 Å². The average Bonchev–Trinajstić information content (AvgIpc) is 2.85. The van der Waals surface area contributed by atoms with Gasteiger partial charge in [0.2, 0.25) is 0 Å². The number of aromatic nitrogens is 3. The molecule has 106 valence electrons. The number of hydrogen-bond donors (Lipinski definition) is 1. The van der Waals surface area contributed by atoms with Gasteiger partial charge in [0, 0.05) is 5.69 Å². The van der Waals surface area contributed by atoms with Gasteiger partial charge < -0.3 is 0 Å². The van der Waals surface area contributed by atoms with Crippen molar-refractivity contribution in [3.05, 3.63) is 63.9 Å². The number of nitrogens with zero attached hydrogens (tertiary/aromatic N) is 2. The van der Waals surface area contributed by atoms with Crippen molar-refractivity contribution in [2.24, 2.45) is 0 Å². The predicted molar refractivity (Wildman–Crippen MR) is 79.1 cm³/mol. The van der Waals surface area contributed by atoms with E-state index in [9.17, 15) is 8.78 Å². The Morgan fingerprint density at radius 1 is 1.10 bits per heavy atom. The number of para-hydroxylation sites is 1. The van der Waals surface area contributed by atoms with E-state index in [1.165, 1.54) is 4.57 Å². The summed E-state index contributed by atoms with van der Waals surface area (Å²) >= 11 is 10.7. The molecule has 0 saturated heterocycles. The Morgan fingerprint density at radius 2 is 1.81 bits per heavy atom. The monoisotopic (exact) mass is 323 g/mol. The van der Waals surface area contributed by atoms with Crippen LogP contribution in [0.15, 0.2) is 42.5 Å². The molecule has 1 aromatic heterocycles. The molecule has 1 N–H and O–H groups in total. The summed E-state index contributed by atoms with van der Waals surface area (Å²) in [6.07, 6.45) is 0. The van der Waals surface area contributed by atoms with E-state index in [1.54, 1.807) is 12.1 Å². The standard InChI is InChI=1S/C14H8ClF2N3S/c15-10-7-11(16)9(6-12(10)17)13-18-19-14(21)20(13)8-4-2-1-3-5-8/h1-7H,(H,19,21). The summed E-state index contributed by atoms with van der Waals surface area (Å²) in [6.45, 7) is 0. The smallest absolute Gasteiger partial charge is 0.200 e. The van der Waals surface area contributed by atoms with Crippen LogP contribution in [-0.4, -0.2) is 14.8 Å². The fourth-order valence-corrected chi connectivity index (χ4v) is 2.38. The summed E-state index contributed by atoms with van der Waals surface area (Å²) in [5, 5.41) is 6.30. The van der Waals surface area contributed by atoms with Crippen molar-refractivity contribution >= 4 is 23.8 Å². The molecule has 2 aromatic carbocycles. The van der Waals surface area contributed by atoms with Gasteiger partial charge in [-0.2, -0.15) is 5.10 Å². The molecule has 0 aliphatic carbocycles. The van der Waals surface area contributed by atoms with Crippen LogP contribution in [0.3, 0.4) is 0 Å². The molecule has 3 nitrogen and oxygen atoms in total. The molecule has 0 bridgehead atoms. The van der Waals surface area contributed by atoms with Crippen LogP contribution >= 0.6 is 23.8 Å². The summed E-state index contributed by atoms with van der Waals surface area (Å²) in [5.41, 5.74) is 0.675. The maximum Gasteiger partial charge on any atom is 0.200 e. The second kappa shape index (κ2) is 5.38. The van der Waals surface area contributed by atoms with Gasteiger partial charge in [0.05, 0.1) is 10.6 Å². The Bertz CT molecular complexity index is 858. The minimum absolute atomic E-state index is 0.0203. The molecule has 0 saturated carbocycles. The molecule has 3 rings (SSSR count). The van der Waals surface area contributed by atoms with E-state index < -0.39 is 11.6 Å². The van der Waals surface area contributed by atoms with E-state index in [2.05, 4.69) is 10.2 Å². The van der Waals surface area contributed by atoms with Crippen LogP contribution in [-0.2, 0) is 0 Å². The van der Waals surface area contributed by atoms with E-state index >= 15 is 0 Å². The summed E-state index contributed by atoms with van der Waals surface area (Å²) in [7, 11) is 0. The van der Waals surface area contributed by atoms with E-state index in [4.69, 9.17) is 23.8 Å². The van der Waals surface area contributed by atoms with Crippen molar-refractivity contribution in [3.63, 3.8) is 0 Å². The zero-order chi connectivity index (χ0) is 15.0. The number of H-pyrrole nitrogens is 1. The molecule has 7 heteroatoms. The fraction of sp³-hybridized carbons (Fsp3) is 0. The molecule has 3 aromatic rings. The molecule has 0 unspecified atom stereocenters. The second-order valence-electron chi connectivity index (χ2n) is 4.27. The third kappa shape index (κ3) is 2.48. The van der Waals surface area contributed by atoms with Crippen molar-refractivity contribution in [2.45, 2.75) is 0 Å². The van der Waals surface area contributed by atoms with Crippen LogP contribution in [0.1, 0.15) is 0 Å². The van der Waals surface area contributed by atoms with Gasteiger partial charge in [-0.05, 0) is 36.5 Å². The van der Waals surface area contributed by atoms with Gasteiger partial charge in [-0.25, -0.2) is 8.78 Å². The highest BCUT2D eigenvalue weighted by atomic mass is 35.5. The van der Waals surface area contributed by atoms with Gasteiger partial charge in [-0.15, -0.1) is 0 Å². The van der Waals surface area contributed by atoms with E-state index in [-0.39, 0.29) is 21.2 Å². The van der Waals surface area contributed by atoms with Crippen molar-refractivity contribution in [2.75, 3.05) is 0 Å². The van der Waals surface area contributed by atoms with Gasteiger partial charge in [-0.3, -0.25) is 9.67 Å². The SMILES string of the molecule is Fc1cc(-c2n[nH]c(=S)n2-c2ccccc2)c(F)cc1Cl. The summed E-state index contributed by atoms with van der Waals surface area (Å²) in [5.74, 6) is -1.21. The number of aromatic amines is 1. The number of nitrogens with one attached hydrogen (secondary N) is 1. The van der Waals surface area contributed by atoms with Crippen LogP contribution in [0.4, 0.5) is 8.78 Å². The summed E-state index contributed by atoms with van der Waals surface area (Å²) in [6, 6.07) is 11.0. The Hall–Kier alpha value is -2.05. The Labute approximate surface area is 128 Å². The lowest BCUT2D eigenvalue weighted by Gasteiger charge is -2.08. The lowest BCUT2D eigenvalue weighted by atomic mass is 10.2. The minimum atomic E-state index is -0.721. The van der Waals surface area contributed by atoms with Crippen molar-refractivity contribution < 1.29 is 8.78 Å². The number of rotatable bonds is 2. The summed E-state index contributed by atoms with van der Waals surface area (Å²) < 4.78 is 29.5. The molecular weight excluding hydrogens is 316 g/mol. The zero-order valence-corrected chi connectivity index (χ0v) is 12.1. The molecule has 0 amide bonds. The fourth-order valence-electron chi connectivity index (χ4n) is 1.99. The molecular formula is C14H8ClF2N3S. The average molecular weight is 324 g/mol. The van der Waals surface area contributed by atoms with E-state index in [0.717, 1.165) is 12.1 Å². The highest BCUT2D eigenvalue weighted by Gasteiger charge is 2.17.